The number of methoxy groups -OCH3 is 1. The van der Waals surface area contributed by atoms with Gasteiger partial charge in [0.25, 0.3) is 0 Å². The third-order valence-corrected chi connectivity index (χ3v) is 6.83. The fourth-order valence-corrected chi connectivity index (χ4v) is 4.91. The Balaban J connectivity index is 1.80. The number of carboxylic acid groups (broad SMARTS) is 1. The number of benzene rings is 2. The third kappa shape index (κ3) is 5.45. The maximum atomic E-state index is 13.2. The molecule has 170 valence electrons. The number of carbonyl (C=O) groups excluding carboxylic acids is 1. The molecule has 0 spiro atoms. The molecule has 1 heterocycles. The van der Waals surface area contributed by atoms with Gasteiger partial charge in [-0.2, -0.15) is 4.31 Å². The van der Waals surface area contributed by atoms with E-state index >= 15 is 0 Å². The number of alkyl carbamates (subject to hydrolysis) is 1. The first-order valence-corrected chi connectivity index (χ1v) is 11.3. The van der Waals surface area contributed by atoms with Crippen molar-refractivity contribution in [3.63, 3.8) is 0 Å². The maximum Gasteiger partial charge on any atom is 0.407 e. The van der Waals surface area contributed by atoms with Crippen LogP contribution in [0.25, 0.3) is 0 Å². The lowest BCUT2D eigenvalue weighted by Crippen LogP contribution is -2.56. The van der Waals surface area contributed by atoms with Crippen LogP contribution in [0.15, 0.2) is 71.6 Å². The summed E-state index contributed by atoms with van der Waals surface area (Å²) in [5.74, 6) is -0.908. The Bertz CT molecular complexity index is 1070. The average Bonchev–Trinajstić information content (AvgIpc) is 3.01. The van der Waals surface area contributed by atoms with Crippen molar-refractivity contribution in [2.45, 2.75) is 30.0 Å². The minimum Gasteiger partial charge on any atom is -0.497 e. The topological polar surface area (TPSA) is 122 Å². The Morgan fingerprint density at radius 2 is 1.78 bits per heavy atom. The highest BCUT2D eigenvalue weighted by Gasteiger charge is 2.42. The zero-order chi connectivity index (χ0) is 23.1. The number of hydrogen-bond donors (Lipinski definition) is 2. The second kappa shape index (κ2) is 10.3. The SMILES string of the molecule is COc1ccc(S(=O)(=O)N2CC=CCC(NC(=O)OCc3ccccc3)C2C(=O)O)cc1. The molecule has 2 aromatic carbocycles. The van der Waals surface area contributed by atoms with Crippen molar-refractivity contribution in [3.8, 4) is 5.75 Å². The molecule has 0 bridgehead atoms. The molecular weight excluding hydrogens is 436 g/mol. The van der Waals surface area contributed by atoms with Crippen molar-refractivity contribution >= 4 is 22.1 Å². The summed E-state index contributed by atoms with van der Waals surface area (Å²) in [6.07, 6.45) is 2.50. The van der Waals surface area contributed by atoms with E-state index in [4.69, 9.17) is 9.47 Å². The summed E-state index contributed by atoms with van der Waals surface area (Å²) in [5.41, 5.74) is 0.766. The quantitative estimate of drug-likeness (QED) is 0.608. The van der Waals surface area contributed by atoms with Gasteiger partial charge in [-0.1, -0.05) is 42.5 Å². The van der Waals surface area contributed by atoms with Crippen molar-refractivity contribution < 1.29 is 32.6 Å². The lowest BCUT2D eigenvalue weighted by molar-refractivity contribution is -0.142. The molecule has 2 atom stereocenters. The summed E-state index contributed by atoms with van der Waals surface area (Å²) < 4.78 is 37.6. The number of rotatable bonds is 7. The number of aliphatic carboxylic acids is 1. The summed E-state index contributed by atoms with van der Waals surface area (Å²) in [6, 6.07) is 12.1. The number of carbonyl (C=O) groups is 2. The highest BCUT2D eigenvalue weighted by molar-refractivity contribution is 7.89. The van der Waals surface area contributed by atoms with Crippen LogP contribution in [0.5, 0.6) is 5.75 Å². The second-order valence-electron chi connectivity index (χ2n) is 7.05. The minimum absolute atomic E-state index is 0.000825. The van der Waals surface area contributed by atoms with Crippen molar-refractivity contribution in [2.75, 3.05) is 13.7 Å². The molecule has 0 fully saturated rings. The Hall–Kier alpha value is -3.37. The van der Waals surface area contributed by atoms with E-state index in [0.717, 1.165) is 9.87 Å². The number of ether oxygens (including phenoxy) is 2. The molecule has 1 aliphatic rings. The average molecular weight is 461 g/mol. The highest BCUT2D eigenvalue weighted by atomic mass is 32.2. The van der Waals surface area contributed by atoms with E-state index in [9.17, 15) is 23.1 Å². The maximum absolute atomic E-state index is 13.2. The van der Waals surface area contributed by atoms with Crippen LogP contribution in [0.1, 0.15) is 12.0 Å². The van der Waals surface area contributed by atoms with E-state index in [1.165, 1.54) is 31.4 Å². The van der Waals surface area contributed by atoms with Gasteiger partial charge in [-0.05, 0) is 36.2 Å². The Labute approximate surface area is 186 Å². The molecule has 10 heteroatoms. The Morgan fingerprint density at radius 1 is 1.09 bits per heavy atom. The van der Waals surface area contributed by atoms with Crippen molar-refractivity contribution in [1.29, 1.82) is 0 Å². The fourth-order valence-electron chi connectivity index (χ4n) is 3.34. The molecule has 1 amide bonds. The van der Waals surface area contributed by atoms with Crippen LogP contribution in [0, 0.1) is 0 Å². The summed E-state index contributed by atoms with van der Waals surface area (Å²) in [4.78, 5) is 24.4. The largest absolute Gasteiger partial charge is 0.497 e. The van der Waals surface area contributed by atoms with Gasteiger partial charge in [-0.25, -0.2) is 13.2 Å². The second-order valence-corrected chi connectivity index (χ2v) is 8.94. The van der Waals surface area contributed by atoms with E-state index < -0.39 is 34.2 Å². The van der Waals surface area contributed by atoms with Crippen LogP contribution in [-0.4, -0.2) is 55.6 Å². The number of nitrogens with zero attached hydrogens (tertiary/aromatic N) is 1. The molecule has 0 aromatic heterocycles. The molecule has 9 nitrogen and oxygen atoms in total. The van der Waals surface area contributed by atoms with Crippen LogP contribution in [0.2, 0.25) is 0 Å². The van der Waals surface area contributed by atoms with Crippen LogP contribution >= 0.6 is 0 Å². The van der Waals surface area contributed by atoms with Gasteiger partial charge >= 0.3 is 12.1 Å². The molecule has 1 aliphatic heterocycles. The molecule has 32 heavy (non-hydrogen) atoms. The number of nitrogens with one attached hydrogen (secondary N) is 1. The lowest BCUT2D eigenvalue weighted by atomic mass is 10.1. The molecule has 0 radical (unpaired) electrons. The standard InChI is InChI=1S/C22H24N2O7S/c1-30-17-10-12-18(13-11-17)32(28,29)24-14-6-5-9-19(20(24)21(25)26)23-22(27)31-15-16-7-3-2-4-8-16/h2-8,10-13,19-20H,9,14-15H2,1H3,(H,23,27)(H,25,26). The van der Waals surface area contributed by atoms with E-state index in [1.54, 1.807) is 36.4 Å². The van der Waals surface area contributed by atoms with Crippen LogP contribution in [0.3, 0.4) is 0 Å². The van der Waals surface area contributed by atoms with E-state index in [2.05, 4.69) is 5.32 Å². The smallest absolute Gasteiger partial charge is 0.407 e. The highest BCUT2D eigenvalue weighted by Crippen LogP contribution is 2.25. The molecule has 3 rings (SSSR count). The van der Waals surface area contributed by atoms with Crippen LogP contribution in [-0.2, 0) is 26.2 Å². The number of amides is 1. The van der Waals surface area contributed by atoms with E-state index in [0.29, 0.717) is 5.75 Å². The Kier molecular flexibility index (Phi) is 7.49. The summed E-state index contributed by atoms with van der Waals surface area (Å²) in [5, 5.41) is 12.4. The predicted molar refractivity (Wildman–Crippen MR) is 116 cm³/mol. The molecule has 2 aromatic rings. The van der Waals surface area contributed by atoms with Crippen molar-refractivity contribution in [2.24, 2.45) is 0 Å². The summed E-state index contributed by atoms with van der Waals surface area (Å²) >= 11 is 0. The molecular formula is C22H24N2O7S. The van der Waals surface area contributed by atoms with Gasteiger partial charge in [0.15, 0.2) is 0 Å². The van der Waals surface area contributed by atoms with Gasteiger partial charge in [0.1, 0.15) is 18.4 Å². The van der Waals surface area contributed by atoms with Crippen molar-refractivity contribution in [3.05, 3.63) is 72.3 Å². The molecule has 0 saturated heterocycles. The lowest BCUT2D eigenvalue weighted by Gasteiger charge is -2.31. The monoisotopic (exact) mass is 460 g/mol. The zero-order valence-electron chi connectivity index (χ0n) is 17.4. The third-order valence-electron chi connectivity index (χ3n) is 4.97. The van der Waals surface area contributed by atoms with Gasteiger partial charge in [0, 0.05) is 6.54 Å². The van der Waals surface area contributed by atoms with E-state index in [1.807, 2.05) is 6.07 Å². The number of carboxylic acids is 1. The van der Waals surface area contributed by atoms with Gasteiger partial charge in [0.05, 0.1) is 18.0 Å². The molecule has 2 unspecified atom stereocenters. The number of sulfonamides is 1. The van der Waals surface area contributed by atoms with Crippen LogP contribution < -0.4 is 10.1 Å². The number of hydrogen-bond acceptors (Lipinski definition) is 6. The normalized spacial score (nSPS) is 19.0. The predicted octanol–water partition coefficient (Wildman–Crippen LogP) is 2.39. The first-order valence-electron chi connectivity index (χ1n) is 9.84. The first kappa shape index (κ1) is 23.3. The van der Waals surface area contributed by atoms with E-state index in [-0.39, 0.29) is 24.5 Å². The fraction of sp³-hybridized carbons (Fsp3) is 0.273. The molecule has 0 aliphatic carbocycles. The first-order chi connectivity index (χ1) is 15.3. The molecule has 2 N–H and O–H groups in total. The summed E-state index contributed by atoms with van der Waals surface area (Å²) in [7, 11) is -2.72. The van der Waals surface area contributed by atoms with Crippen molar-refractivity contribution in [1.82, 2.24) is 9.62 Å². The molecule has 0 saturated carbocycles. The van der Waals surface area contributed by atoms with Gasteiger partial charge in [-0.3, -0.25) is 4.79 Å². The zero-order valence-corrected chi connectivity index (χ0v) is 18.2. The van der Waals surface area contributed by atoms with Gasteiger partial charge in [-0.15, -0.1) is 0 Å². The Morgan fingerprint density at radius 3 is 2.41 bits per heavy atom. The minimum atomic E-state index is -4.17. The van der Waals surface area contributed by atoms with Gasteiger partial charge < -0.3 is 19.9 Å². The summed E-state index contributed by atoms with van der Waals surface area (Å²) in [6.45, 7) is -0.149. The van der Waals surface area contributed by atoms with Crippen LogP contribution in [0.4, 0.5) is 4.79 Å². The van der Waals surface area contributed by atoms with Gasteiger partial charge in [0.2, 0.25) is 10.0 Å².